The van der Waals surface area contributed by atoms with Crippen molar-refractivity contribution in [3.05, 3.63) is 0 Å². The first kappa shape index (κ1) is 14.0. The smallest absolute Gasteiger partial charge is 0.310 e. The maximum Gasteiger partial charge on any atom is 0.310 e. The molecule has 0 spiro atoms. The van der Waals surface area contributed by atoms with Crippen LogP contribution in [0.3, 0.4) is 0 Å². The van der Waals surface area contributed by atoms with Gasteiger partial charge in [-0.15, -0.1) is 0 Å². The number of carboxylic acid groups (broad SMARTS) is 1. The van der Waals surface area contributed by atoms with Crippen molar-refractivity contribution in [2.75, 3.05) is 13.1 Å². The third kappa shape index (κ3) is 2.07. The molecule has 2 unspecified atom stereocenters. The molecule has 1 aliphatic heterocycles. The monoisotopic (exact) mass is 291 g/mol. The largest absolute Gasteiger partial charge is 0.481 e. The zero-order valence-corrected chi connectivity index (χ0v) is 13.5. The molecular weight excluding hydrogens is 262 g/mol. The molecule has 1 saturated heterocycles. The first-order valence-corrected chi connectivity index (χ1v) is 8.88. The van der Waals surface area contributed by atoms with E-state index in [0.29, 0.717) is 11.5 Å². The molecule has 0 aromatic carbocycles. The lowest BCUT2D eigenvalue weighted by Gasteiger charge is -2.60. The minimum Gasteiger partial charge on any atom is -0.481 e. The molecule has 5 fully saturated rings. The van der Waals surface area contributed by atoms with E-state index >= 15 is 0 Å². The SMILES string of the molecule is CC(N1CCC(C)(C(=O)O)C1)C12CC3CC(CC(C3)C1)C2. The molecule has 118 valence electrons. The van der Waals surface area contributed by atoms with Crippen molar-refractivity contribution in [3.63, 3.8) is 0 Å². The highest BCUT2D eigenvalue weighted by molar-refractivity contribution is 5.74. The first-order chi connectivity index (χ1) is 9.90. The van der Waals surface area contributed by atoms with E-state index in [1.165, 1.54) is 38.5 Å². The summed E-state index contributed by atoms with van der Waals surface area (Å²) in [5, 5.41) is 9.48. The summed E-state index contributed by atoms with van der Waals surface area (Å²) in [5.41, 5.74) is -0.00490. The van der Waals surface area contributed by atoms with Crippen LogP contribution in [0.5, 0.6) is 0 Å². The van der Waals surface area contributed by atoms with Gasteiger partial charge >= 0.3 is 5.97 Å². The molecule has 0 aromatic heterocycles. The number of carbonyl (C=O) groups is 1. The number of hydrogen-bond acceptors (Lipinski definition) is 2. The Morgan fingerprint density at radius 1 is 1.14 bits per heavy atom. The van der Waals surface area contributed by atoms with Gasteiger partial charge in [0.25, 0.3) is 0 Å². The quantitative estimate of drug-likeness (QED) is 0.866. The number of likely N-dealkylation sites (tertiary alicyclic amines) is 1. The summed E-state index contributed by atoms with van der Waals surface area (Å²) in [7, 11) is 0. The minimum atomic E-state index is -0.609. The molecule has 1 heterocycles. The van der Waals surface area contributed by atoms with Gasteiger partial charge in [0.1, 0.15) is 0 Å². The van der Waals surface area contributed by atoms with Gasteiger partial charge in [0.05, 0.1) is 5.41 Å². The van der Waals surface area contributed by atoms with E-state index in [4.69, 9.17) is 0 Å². The van der Waals surface area contributed by atoms with Gasteiger partial charge in [0, 0.05) is 12.6 Å². The fourth-order valence-electron chi connectivity index (χ4n) is 6.58. The molecule has 1 N–H and O–H groups in total. The molecule has 4 bridgehead atoms. The molecule has 2 atom stereocenters. The highest BCUT2D eigenvalue weighted by Gasteiger charge is 2.55. The average Bonchev–Trinajstić information content (AvgIpc) is 2.80. The van der Waals surface area contributed by atoms with Crippen molar-refractivity contribution in [1.29, 1.82) is 0 Å². The van der Waals surface area contributed by atoms with Crippen molar-refractivity contribution in [2.45, 2.75) is 64.8 Å². The summed E-state index contributed by atoms with van der Waals surface area (Å²) in [6, 6.07) is 0.576. The summed E-state index contributed by atoms with van der Waals surface area (Å²) in [5.74, 6) is 2.33. The average molecular weight is 291 g/mol. The number of rotatable bonds is 3. The zero-order valence-electron chi connectivity index (χ0n) is 13.5. The number of hydrogen-bond donors (Lipinski definition) is 1. The normalized spacial score (nSPS) is 50.5. The number of nitrogens with zero attached hydrogens (tertiary/aromatic N) is 1. The van der Waals surface area contributed by atoms with E-state index in [-0.39, 0.29) is 0 Å². The van der Waals surface area contributed by atoms with Crippen LogP contribution in [0.2, 0.25) is 0 Å². The molecule has 0 amide bonds. The highest BCUT2D eigenvalue weighted by Crippen LogP contribution is 2.62. The van der Waals surface area contributed by atoms with Crippen LogP contribution in [0.4, 0.5) is 0 Å². The standard InChI is InChI=1S/C18H29NO2/c1-12(19-4-3-17(2,11-19)16(20)21)18-8-13-5-14(9-18)7-15(6-13)10-18/h12-15H,3-11H2,1-2H3,(H,20,21). The minimum absolute atomic E-state index is 0.512. The summed E-state index contributed by atoms with van der Waals surface area (Å²) < 4.78 is 0. The fraction of sp³-hybridized carbons (Fsp3) is 0.944. The predicted octanol–water partition coefficient (Wildman–Crippen LogP) is 3.39. The van der Waals surface area contributed by atoms with Crippen LogP contribution >= 0.6 is 0 Å². The number of aliphatic carboxylic acids is 1. The molecule has 21 heavy (non-hydrogen) atoms. The van der Waals surface area contributed by atoms with Gasteiger partial charge in [-0.3, -0.25) is 9.69 Å². The Hall–Kier alpha value is -0.570. The summed E-state index contributed by atoms with van der Waals surface area (Å²) in [6.07, 6.45) is 9.52. The summed E-state index contributed by atoms with van der Waals surface area (Å²) in [6.45, 7) is 6.07. The Labute approximate surface area is 128 Å². The van der Waals surface area contributed by atoms with E-state index in [1.54, 1.807) is 0 Å². The van der Waals surface area contributed by atoms with Crippen LogP contribution in [-0.2, 0) is 4.79 Å². The van der Waals surface area contributed by atoms with Gasteiger partial charge in [-0.1, -0.05) is 0 Å². The second kappa shape index (κ2) is 4.47. The third-order valence-corrected chi connectivity index (χ3v) is 7.54. The summed E-state index contributed by atoms with van der Waals surface area (Å²) in [4.78, 5) is 14.0. The van der Waals surface area contributed by atoms with E-state index in [0.717, 1.165) is 37.3 Å². The van der Waals surface area contributed by atoms with E-state index in [2.05, 4.69) is 11.8 Å². The second-order valence-corrected chi connectivity index (χ2v) is 9.04. The molecule has 4 saturated carbocycles. The van der Waals surface area contributed by atoms with Crippen LogP contribution in [0.1, 0.15) is 58.8 Å². The zero-order chi connectivity index (χ0) is 14.8. The van der Waals surface area contributed by atoms with Crippen LogP contribution in [-0.4, -0.2) is 35.1 Å². The molecular formula is C18H29NO2. The molecule has 5 rings (SSSR count). The van der Waals surface area contributed by atoms with Crippen molar-refractivity contribution in [3.8, 4) is 0 Å². The molecule has 0 aromatic rings. The lowest BCUT2D eigenvalue weighted by atomic mass is 9.47. The number of carboxylic acids is 1. The van der Waals surface area contributed by atoms with E-state index in [9.17, 15) is 9.90 Å². The van der Waals surface area contributed by atoms with Gasteiger partial charge in [-0.25, -0.2) is 0 Å². The van der Waals surface area contributed by atoms with Gasteiger partial charge in [0.15, 0.2) is 0 Å². The summed E-state index contributed by atoms with van der Waals surface area (Å²) >= 11 is 0. The van der Waals surface area contributed by atoms with E-state index < -0.39 is 11.4 Å². The topological polar surface area (TPSA) is 40.5 Å². The Morgan fingerprint density at radius 2 is 1.67 bits per heavy atom. The van der Waals surface area contributed by atoms with Crippen LogP contribution < -0.4 is 0 Å². The molecule has 5 aliphatic rings. The molecule has 3 heteroatoms. The van der Waals surface area contributed by atoms with Crippen molar-refractivity contribution in [1.82, 2.24) is 4.90 Å². The van der Waals surface area contributed by atoms with E-state index in [1.807, 2.05) is 6.92 Å². The fourth-order valence-corrected chi connectivity index (χ4v) is 6.58. The highest BCUT2D eigenvalue weighted by atomic mass is 16.4. The first-order valence-electron chi connectivity index (χ1n) is 8.88. The van der Waals surface area contributed by atoms with Crippen LogP contribution in [0.15, 0.2) is 0 Å². The Kier molecular flexibility index (Phi) is 2.99. The van der Waals surface area contributed by atoms with Gasteiger partial charge < -0.3 is 5.11 Å². The van der Waals surface area contributed by atoms with Gasteiger partial charge in [-0.05, 0) is 88.5 Å². The Balaban J connectivity index is 1.53. The maximum atomic E-state index is 11.5. The third-order valence-electron chi connectivity index (χ3n) is 7.54. The molecule has 0 radical (unpaired) electrons. The molecule has 4 aliphatic carbocycles. The van der Waals surface area contributed by atoms with Gasteiger partial charge in [0.2, 0.25) is 0 Å². The maximum absolute atomic E-state index is 11.5. The predicted molar refractivity (Wildman–Crippen MR) is 82.0 cm³/mol. The van der Waals surface area contributed by atoms with Crippen molar-refractivity contribution in [2.24, 2.45) is 28.6 Å². The second-order valence-electron chi connectivity index (χ2n) is 9.04. The van der Waals surface area contributed by atoms with Crippen molar-refractivity contribution >= 4 is 5.97 Å². The lowest BCUT2D eigenvalue weighted by molar-refractivity contribution is -0.147. The molecule has 3 nitrogen and oxygen atoms in total. The van der Waals surface area contributed by atoms with Crippen LogP contribution in [0.25, 0.3) is 0 Å². The Morgan fingerprint density at radius 3 is 2.10 bits per heavy atom. The lowest BCUT2D eigenvalue weighted by Crippen LogP contribution is -2.55. The van der Waals surface area contributed by atoms with Gasteiger partial charge in [-0.2, -0.15) is 0 Å². The Bertz CT molecular complexity index is 425. The van der Waals surface area contributed by atoms with Crippen molar-refractivity contribution < 1.29 is 9.90 Å². The van der Waals surface area contributed by atoms with Crippen LogP contribution in [0, 0.1) is 28.6 Å².